The summed E-state index contributed by atoms with van der Waals surface area (Å²) in [6, 6.07) is 8.58. The van der Waals surface area contributed by atoms with Gasteiger partial charge in [0.15, 0.2) is 0 Å². The van der Waals surface area contributed by atoms with Crippen LogP contribution in [-0.2, 0) is 19.9 Å². The van der Waals surface area contributed by atoms with Gasteiger partial charge in [0.2, 0.25) is 9.84 Å². The van der Waals surface area contributed by atoms with Crippen LogP contribution < -0.4 is 9.46 Å². The molecule has 0 aliphatic carbocycles. The first-order chi connectivity index (χ1) is 15.2. The third kappa shape index (κ3) is 5.66. The summed E-state index contributed by atoms with van der Waals surface area (Å²) in [5.41, 5.74) is 0.0385. The zero-order valence-electron chi connectivity index (χ0n) is 16.4. The van der Waals surface area contributed by atoms with Gasteiger partial charge in [-0.25, -0.2) is 21.6 Å². The van der Waals surface area contributed by atoms with Crippen molar-refractivity contribution in [1.29, 1.82) is 0 Å². The molecule has 0 radical (unpaired) electrons. The molecule has 7 nitrogen and oxygen atoms in total. The summed E-state index contributed by atoms with van der Waals surface area (Å²) < 4.78 is 92.8. The zero-order chi connectivity index (χ0) is 24.6. The molecule has 0 saturated heterocycles. The Labute approximate surface area is 195 Å². The molecular formula is C19H13ClF3NO6S3. The van der Waals surface area contributed by atoms with E-state index in [-0.39, 0.29) is 20.2 Å². The summed E-state index contributed by atoms with van der Waals surface area (Å²) in [5.74, 6) is -1.73. The van der Waals surface area contributed by atoms with Gasteiger partial charge in [0.1, 0.15) is 5.75 Å². The number of sulfone groups is 1. The zero-order valence-corrected chi connectivity index (χ0v) is 19.6. The van der Waals surface area contributed by atoms with Crippen molar-refractivity contribution in [3.63, 3.8) is 0 Å². The Morgan fingerprint density at radius 2 is 1.52 bits per heavy atom. The minimum atomic E-state index is -4.95. The van der Waals surface area contributed by atoms with Gasteiger partial charge >= 0.3 is 6.36 Å². The second-order valence-corrected chi connectivity index (χ2v) is 11.4. The lowest BCUT2D eigenvalue weighted by molar-refractivity contribution is -0.274. The Balaban J connectivity index is 1.83. The fourth-order valence-electron chi connectivity index (χ4n) is 2.68. The van der Waals surface area contributed by atoms with Gasteiger partial charge in [-0.15, -0.1) is 24.5 Å². The maximum Gasteiger partial charge on any atom is 0.573 e. The summed E-state index contributed by atoms with van der Waals surface area (Å²) in [6.07, 6.45) is -4.95. The number of sulfonamides is 1. The Morgan fingerprint density at radius 3 is 2.06 bits per heavy atom. The number of benzene rings is 2. The predicted octanol–water partition coefficient (Wildman–Crippen LogP) is 4.56. The molecule has 0 aliphatic rings. The number of nitrogens with one attached hydrogen (secondary N) is 1. The first-order valence-electron chi connectivity index (χ1n) is 8.72. The van der Waals surface area contributed by atoms with Gasteiger partial charge in [0.05, 0.1) is 19.6 Å². The van der Waals surface area contributed by atoms with Crippen molar-refractivity contribution < 1.29 is 39.5 Å². The number of alkyl halides is 3. The smallest absolute Gasteiger partial charge is 0.406 e. The van der Waals surface area contributed by atoms with E-state index in [1.165, 1.54) is 36.6 Å². The van der Waals surface area contributed by atoms with Crippen molar-refractivity contribution >= 4 is 48.7 Å². The molecular weight excluding hydrogens is 527 g/mol. The second kappa shape index (κ2) is 8.97. The number of hydrogen-bond acceptors (Lipinski definition) is 7. The van der Waals surface area contributed by atoms with E-state index in [0.29, 0.717) is 5.02 Å². The number of thiophene rings is 1. The van der Waals surface area contributed by atoms with Crippen LogP contribution in [0.1, 0.15) is 15.2 Å². The number of carbonyl (C=O) groups is 1. The van der Waals surface area contributed by atoms with Crippen LogP contribution in [0.4, 0.5) is 13.2 Å². The lowest BCUT2D eigenvalue weighted by Crippen LogP contribution is -2.30. The van der Waals surface area contributed by atoms with Crippen molar-refractivity contribution in [1.82, 2.24) is 4.72 Å². The van der Waals surface area contributed by atoms with Crippen molar-refractivity contribution in [2.24, 2.45) is 0 Å². The molecule has 3 aromatic rings. The fraction of sp³-hybridized carbons (Fsp3) is 0.105. The molecule has 1 heterocycles. The van der Waals surface area contributed by atoms with E-state index < -0.39 is 42.8 Å². The minimum absolute atomic E-state index is 0.0385. The van der Waals surface area contributed by atoms with E-state index in [0.717, 1.165) is 35.6 Å². The van der Waals surface area contributed by atoms with Crippen LogP contribution in [0.3, 0.4) is 0 Å². The lowest BCUT2D eigenvalue weighted by atomic mass is 10.3. The van der Waals surface area contributed by atoms with Gasteiger partial charge in [-0.3, -0.25) is 4.79 Å². The van der Waals surface area contributed by atoms with Gasteiger partial charge in [0.25, 0.3) is 15.9 Å². The molecule has 1 aromatic heterocycles. The molecule has 176 valence electrons. The quantitative estimate of drug-likeness (QED) is 0.492. The Kier molecular flexibility index (Phi) is 6.80. The van der Waals surface area contributed by atoms with E-state index in [4.69, 9.17) is 11.6 Å². The summed E-state index contributed by atoms with van der Waals surface area (Å²) in [5, 5.41) is 1.55. The highest BCUT2D eigenvalue weighted by molar-refractivity contribution is 7.91. The molecule has 33 heavy (non-hydrogen) atoms. The molecule has 0 saturated carbocycles. The molecule has 0 aliphatic heterocycles. The molecule has 1 N–H and O–H groups in total. The second-order valence-electron chi connectivity index (χ2n) is 6.47. The largest absolute Gasteiger partial charge is 0.573 e. The van der Waals surface area contributed by atoms with Gasteiger partial charge in [-0.2, -0.15) is 0 Å². The van der Waals surface area contributed by atoms with E-state index in [2.05, 4.69) is 4.74 Å². The average Bonchev–Trinajstić information content (AvgIpc) is 3.09. The average molecular weight is 540 g/mol. The third-order valence-corrected chi connectivity index (χ3v) is 8.93. The summed E-state index contributed by atoms with van der Waals surface area (Å²) in [4.78, 5) is 11.7. The molecule has 0 atom stereocenters. The molecule has 1 amide bonds. The Morgan fingerprint density at radius 1 is 0.970 bits per heavy atom. The number of amides is 1. The number of halogens is 4. The van der Waals surface area contributed by atoms with E-state index in [1.54, 1.807) is 4.72 Å². The molecule has 0 bridgehead atoms. The number of ether oxygens (including phenoxy) is 1. The molecule has 0 fully saturated rings. The van der Waals surface area contributed by atoms with Crippen LogP contribution in [0.5, 0.6) is 5.75 Å². The highest BCUT2D eigenvalue weighted by Gasteiger charge is 2.31. The van der Waals surface area contributed by atoms with Crippen molar-refractivity contribution in [2.45, 2.75) is 28.0 Å². The monoisotopic (exact) mass is 539 g/mol. The topological polar surface area (TPSA) is 107 Å². The van der Waals surface area contributed by atoms with Crippen LogP contribution in [0.15, 0.2) is 68.6 Å². The van der Waals surface area contributed by atoms with Crippen LogP contribution in [-0.4, -0.2) is 29.1 Å². The molecule has 0 spiro atoms. The number of carbonyl (C=O) groups excluding carboxylic acids is 1. The summed E-state index contributed by atoms with van der Waals surface area (Å²) >= 11 is 6.50. The highest BCUT2D eigenvalue weighted by atomic mass is 35.5. The number of rotatable bonds is 6. The van der Waals surface area contributed by atoms with Gasteiger partial charge in [-0.1, -0.05) is 11.6 Å². The summed E-state index contributed by atoms with van der Waals surface area (Å²) in [6.45, 7) is 1.35. The van der Waals surface area contributed by atoms with E-state index >= 15 is 0 Å². The highest BCUT2D eigenvalue weighted by Crippen LogP contribution is 2.31. The van der Waals surface area contributed by atoms with Gasteiger partial charge < -0.3 is 4.74 Å². The maximum absolute atomic E-state index is 12.9. The van der Waals surface area contributed by atoms with Crippen molar-refractivity contribution in [3.05, 3.63) is 69.4 Å². The van der Waals surface area contributed by atoms with Crippen LogP contribution in [0.2, 0.25) is 5.02 Å². The Hall–Kier alpha value is -2.61. The minimum Gasteiger partial charge on any atom is -0.406 e. The first kappa shape index (κ1) is 25.0. The SMILES string of the molecule is Cc1c(S(=O)(=O)c2ccc(Cl)cc2)csc1C(=O)NS(=O)(=O)c1ccc(OC(F)(F)F)cc1. The predicted molar refractivity (Wildman–Crippen MR) is 114 cm³/mol. The Bertz CT molecular complexity index is 1400. The van der Waals surface area contributed by atoms with Crippen LogP contribution >= 0.6 is 22.9 Å². The molecule has 2 aromatic carbocycles. The fourth-order valence-corrected chi connectivity index (χ4v) is 6.64. The van der Waals surface area contributed by atoms with Crippen molar-refractivity contribution in [2.75, 3.05) is 0 Å². The molecule has 3 rings (SSSR count). The summed E-state index contributed by atoms with van der Waals surface area (Å²) in [7, 11) is -8.46. The molecule has 14 heteroatoms. The maximum atomic E-state index is 12.9. The third-order valence-electron chi connectivity index (χ3n) is 4.21. The molecule has 0 unspecified atom stereocenters. The van der Waals surface area contributed by atoms with Crippen LogP contribution in [0, 0.1) is 6.92 Å². The normalized spacial score (nSPS) is 12.4. The van der Waals surface area contributed by atoms with E-state index in [1.807, 2.05) is 0 Å². The van der Waals surface area contributed by atoms with Gasteiger partial charge in [0, 0.05) is 10.4 Å². The van der Waals surface area contributed by atoms with E-state index in [9.17, 15) is 34.8 Å². The van der Waals surface area contributed by atoms with Crippen molar-refractivity contribution in [3.8, 4) is 5.75 Å². The number of hydrogen-bond donors (Lipinski definition) is 1. The first-order valence-corrected chi connectivity index (χ1v) is 12.9. The standard InChI is InChI=1S/C19H13ClF3NO6S3/c1-11-16(32(26,27)14-6-2-12(20)3-7-14)10-31-17(11)18(25)24-33(28,29)15-8-4-13(5-9-15)30-19(21,22)23/h2-10H,1H3,(H,24,25). The lowest BCUT2D eigenvalue weighted by Gasteiger charge is -2.10. The van der Waals surface area contributed by atoms with Gasteiger partial charge in [-0.05, 0) is 61.0 Å². The van der Waals surface area contributed by atoms with Crippen LogP contribution in [0.25, 0.3) is 0 Å².